The van der Waals surface area contributed by atoms with E-state index in [1.807, 2.05) is 0 Å². The summed E-state index contributed by atoms with van der Waals surface area (Å²) < 4.78 is 0. The molecule has 4 fully saturated rings. The summed E-state index contributed by atoms with van der Waals surface area (Å²) in [6.45, 7) is 1.67. The van der Waals surface area contributed by atoms with Crippen LogP contribution in [0.4, 0.5) is 0 Å². The van der Waals surface area contributed by atoms with Crippen molar-refractivity contribution in [3.63, 3.8) is 0 Å². The summed E-state index contributed by atoms with van der Waals surface area (Å²) in [6, 6.07) is 0.281. The zero-order valence-electron chi connectivity index (χ0n) is 14.8. The zero-order valence-corrected chi connectivity index (χ0v) is 14.8. The van der Waals surface area contributed by atoms with Crippen LogP contribution in [0.2, 0.25) is 0 Å². The van der Waals surface area contributed by atoms with Crippen LogP contribution in [0.25, 0.3) is 0 Å². The third kappa shape index (κ3) is 3.48. The molecule has 3 unspecified atom stereocenters. The molecule has 0 spiro atoms. The predicted molar refractivity (Wildman–Crippen MR) is 93.3 cm³/mol. The second-order valence-electron chi connectivity index (χ2n) is 8.80. The van der Waals surface area contributed by atoms with Crippen LogP contribution in [0.1, 0.15) is 70.6 Å². The number of carbonyl (C=O) groups is 2. The first kappa shape index (κ1) is 16.4. The van der Waals surface area contributed by atoms with Crippen molar-refractivity contribution in [2.45, 2.75) is 76.7 Å². The quantitative estimate of drug-likeness (QED) is 0.860. The Balaban J connectivity index is 1.20. The van der Waals surface area contributed by atoms with Crippen LogP contribution >= 0.6 is 0 Å². The summed E-state index contributed by atoms with van der Waals surface area (Å²) in [4.78, 5) is 27.1. The van der Waals surface area contributed by atoms with Gasteiger partial charge in [-0.15, -0.1) is 0 Å². The lowest BCUT2D eigenvalue weighted by molar-refractivity contribution is -0.138. The van der Waals surface area contributed by atoms with Gasteiger partial charge in [-0.3, -0.25) is 9.59 Å². The molecule has 1 aliphatic heterocycles. The number of rotatable bonds is 4. The number of fused-ring (bicyclic) bond motifs is 2. The molecular weight excluding hydrogens is 300 g/mol. The SMILES string of the molecule is O=C(CC1CCCC1)NC1CCN(C(=O)C2CC3CCC2C3)CC1. The molecule has 24 heavy (non-hydrogen) atoms. The number of amides is 2. The standard InChI is InChI=1S/C20H32N2O2/c23-19(13-14-3-1-2-4-14)21-17-7-9-22(10-8-17)20(24)18-12-15-5-6-16(18)11-15/h14-18H,1-13H2,(H,21,23). The lowest BCUT2D eigenvalue weighted by atomic mass is 9.87. The van der Waals surface area contributed by atoms with Crippen molar-refractivity contribution in [3.8, 4) is 0 Å². The Morgan fingerprint density at radius 3 is 2.29 bits per heavy atom. The average Bonchev–Trinajstić information content (AvgIpc) is 3.32. The summed E-state index contributed by atoms with van der Waals surface area (Å²) in [5, 5.41) is 3.22. The number of nitrogens with zero attached hydrogens (tertiary/aromatic N) is 1. The van der Waals surface area contributed by atoms with E-state index < -0.39 is 0 Å². The van der Waals surface area contributed by atoms with E-state index in [0.29, 0.717) is 30.1 Å². The monoisotopic (exact) mass is 332 g/mol. The Kier molecular flexibility index (Phi) is 4.82. The minimum atomic E-state index is 0.236. The minimum Gasteiger partial charge on any atom is -0.353 e. The molecule has 0 aromatic carbocycles. The maximum Gasteiger partial charge on any atom is 0.225 e. The van der Waals surface area contributed by atoms with E-state index in [-0.39, 0.29) is 11.9 Å². The molecule has 3 aliphatic carbocycles. The highest BCUT2D eigenvalue weighted by molar-refractivity contribution is 5.80. The third-order valence-corrected chi connectivity index (χ3v) is 7.18. The van der Waals surface area contributed by atoms with Gasteiger partial charge in [-0.05, 0) is 62.7 Å². The fourth-order valence-corrected chi connectivity index (χ4v) is 5.79. The second-order valence-corrected chi connectivity index (χ2v) is 8.80. The molecule has 1 N–H and O–H groups in total. The van der Waals surface area contributed by atoms with Crippen LogP contribution in [-0.2, 0) is 9.59 Å². The molecule has 0 aromatic rings. The first-order valence-electron chi connectivity index (χ1n) is 10.3. The van der Waals surface area contributed by atoms with E-state index in [2.05, 4.69) is 10.2 Å². The van der Waals surface area contributed by atoms with Crippen molar-refractivity contribution in [2.75, 3.05) is 13.1 Å². The summed E-state index contributed by atoms with van der Waals surface area (Å²) >= 11 is 0. The van der Waals surface area contributed by atoms with Crippen molar-refractivity contribution in [1.82, 2.24) is 10.2 Å². The van der Waals surface area contributed by atoms with E-state index in [1.54, 1.807) is 0 Å². The van der Waals surface area contributed by atoms with Gasteiger partial charge in [-0.25, -0.2) is 0 Å². The Bertz CT molecular complexity index is 478. The smallest absolute Gasteiger partial charge is 0.225 e. The van der Waals surface area contributed by atoms with E-state index in [4.69, 9.17) is 0 Å². The Hall–Kier alpha value is -1.06. The molecule has 4 aliphatic rings. The number of nitrogens with one attached hydrogen (secondary N) is 1. The van der Waals surface area contributed by atoms with Crippen LogP contribution in [0, 0.1) is 23.7 Å². The van der Waals surface area contributed by atoms with Gasteiger partial charge in [0.05, 0.1) is 0 Å². The average molecular weight is 332 g/mol. The van der Waals surface area contributed by atoms with Gasteiger partial charge in [0.25, 0.3) is 0 Å². The molecule has 1 heterocycles. The van der Waals surface area contributed by atoms with Crippen LogP contribution in [-0.4, -0.2) is 35.8 Å². The molecular formula is C20H32N2O2. The first-order chi connectivity index (χ1) is 11.7. The Morgan fingerprint density at radius 1 is 0.917 bits per heavy atom. The molecule has 134 valence electrons. The van der Waals surface area contributed by atoms with Gasteiger partial charge in [0.2, 0.25) is 11.8 Å². The maximum absolute atomic E-state index is 12.8. The maximum atomic E-state index is 12.8. The molecule has 4 heteroatoms. The Morgan fingerprint density at radius 2 is 1.67 bits per heavy atom. The molecule has 3 saturated carbocycles. The second kappa shape index (κ2) is 7.05. The number of hydrogen-bond donors (Lipinski definition) is 1. The van der Waals surface area contributed by atoms with E-state index >= 15 is 0 Å². The molecule has 0 aromatic heterocycles. The summed E-state index contributed by atoms with van der Waals surface area (Å²) in [7, 11) is 0. The lowest BCUT2D eigenvalue weighted by Gasteiger charge is -2.35. The van der Waals surface area contributed by atoms with Crippen molar-refractivity contribution >= 4 is 11.8 Å². The van der Waals surface area contributed by atoms with Crippen molar-refractivity contribution < 1.29 is 9.59 Å². The molecule has 4 nitrogen and oxygen atoms in total. The van der Waals surface area contributed by atoms with Gasteiger partial charge < -0.3 is 10.2 Å². The number of carbonyl (C=O) groups excluding carboxylic acids is 2. The van der Waals surface area contributed by atoms with Gasteiger partial charge in [-0.1, -0.05) is 19.3 Å². The molecule has 4 rings (SSSR count). The van der Waals surface area contributed by atoms with Crippen LogP contribution in [0.5, 0.6) is 0 Å². The Labute approximate surface area is 145 Å². The molecule has 2 bridgehead atoms. The van der Waals surface area contributed by atoms with E-state index in [1.165, 1.54) is 44.9 Å². The van der Waals surface area contributed by atoms with Gasteiger partial charge in [-0.2, -0.15) is 0 Å². The third-order valence-electron chi connectivity index (χ3n) is 7.18. The number of hydrogen-bond acceptors (Lipinski definition) is 2. The zero-order chi connectivity index (χ0) is 16.5. The lowest BCUT2D eigenvalue weighted by Crippen LogP contribution is -2.48. The summed E-state index contributed by atoms with van der Waals surface area (Å²) in [6.07, 6.45) is 12.7. The van der Waals surface area contributed by atoms with Crippen molar-refractivity contribution in [1.29, 1.82) is 0 Å². The minimum absolute atomic E-state index is 0.236. The molecule has 0 radical (unpaired) electrons. The van der Waals surface area contributed by atoms with Crippen molar-refractivity contribution in [3.05, 3.63) is 0 Å². The van der Waals surface area contributed by atoms with Gasteiger partial charge >= 0.3 is 0 Å². The molecule has 3 atom stereocenters. The predicted octanol–water partition coefficient (Wildman–Crippen LogP) is 3.11. The molecule has 2 amide bonds. The van der Waals surface area contributed by atoms with Gasteiger partial charge in [0.15, 0.2) is 0 Å². The largest absolute Gasteiger partial charge is 0.353 e. The fraction of sp³-hybridized carbons (Fsp3) is 0.900. The highest BCUT2D eigenvalue weighted by Crippen LogP contribution is 2.49. The van der Waals surface area contributed by atoms with E-state index in [0.717, 1.165) is 38.3 Å². The van der Waals surface area contributed by atoms with Gasteiger partial charge in [0, 0.05) is 31.5 Å². The fourth-order valence-electron chi connectivity index (χ4n) is 5.79. The summed E-state index contributed by atoms with van der Waals surface area (Å²) in [5.41, 5.74) is 0. The topological polar surface area (TPSA) is 49.4 Å². The van der Waals surface area contributed by atoms with E-state index in [9.17, 15) is 9.59 Å². The number of piperidine rings is 1. The van der Waals surface area contributed by atoms with Crippen LogP contribution in [0.15, 0.2) is 0 Å². The molecule has 1 saturated heterocycles. The highest BCUT2D eigenvalue weighted by atomic mass is 16.2. The highest BCUT2D eigenvalue weighted by Gasteiger charge is 2.44. The summed E-state index contributed by atoms with van der Waals surface area (Å²) in [5.74, 6) is 3.09. The van der Waals surface area contributed by atoms with Crippen LogP contribution < -0.4 is 5.32 Å². The number of likely N-dealkylation sites (tertiary alicyclic amines) is 1. The first-order valence-corrected chi connectivity index (χ1v) is 10.3. The normalized spacial score (nSPS) is 34.0. The van der Waals surface area contributed by atoms with Gasteiger partial charge in [0.1, 0.15) is 0 Å². The van der Waals surface area contributed by atoms with Crippen LogP contribution in [0.3, 0.4) is 0 Å². The van der Waals surface area contributed by atoms with Crippen molar-refractivity contribution in [2.24, 2.45) is 23.7 Å².